The summed E-state index contributed by atoms with van der Waals surface area (Å²) in [4.78, 5) is 52.4. The molecule has 0 aliphatic carbocycles. The quantitative estimate of drug-likeness (QED) is 0.0588. The van der Waals surface area contributed by atoms with Crippen molar-refractivity contribution in [1.82, 2.24) is 20.7 Å². The Hall–Kier alpha value is -4.01. The number of ether oxygens (including phenoxy) is 2. The van der Waals surface area contributed by atoms with Gasteiger partial charge in [-0.25, -0.2) is 14.8 Å². The van der Waals surface area contributed by atoms with E-state index in [1.54, 1.807) is 33.9 Å². The van der Waals surface area contributed by atoms with Gasteiger partial charge in [-0.15, -0.1) is 11.3 Å². The first-order chi connectivity index (χ1) is 23.3. The van der Waals surface area contributed by atoms with Crippen molar-refractivity contribution in [2.75, 3.05) is 26.0 Å². The van der Waals surface area contributed by atoms with Crippen LogP contribution in [0.15, 0.2) is 33.7 Å². The van der Waals surface area contributed by atoms with Gasteiger partial charge in [0.05, 0.1) is 30.3 Å². The second kappa shape index (κ2) is 16.1. The molecule has 2 aliphatic rings. The number of aryl methyl sites for hydroxylation is 1. The molecule has 0 spiro atoms. The number of carbonyl (C=O) groups excluding carboxylic acids is 2. The number of rotatable bonds is 17. The summed E-state index contributed by atoms with van der Waals surface area (Å²) in [5.74, 6) is -0.958. The number of thiazole rings is 1. The summed E-state index contributed by atoms with van der Waals surface area (Å²) in [6.45, 7) is 7.08. The van der Waals surface area contributed by atoms with E-state index >= 15 is 0 Å². The fraction of sp³-hybridized carbons (Fsp3) is 0.533. The number of carboxylic acid groups (broad SMARTS) is 1. The fourth-order valence-corrected chi connectivity index (χ4v) is 6.16. The lowest BCUT2D eigenvalue weighted by molar-refractivity contribution is -0.178. The number of nitrogens with one attached hydrogen (secondary N) is 2. The molecule has 268 valence electrons. The lowest BCUT2D eigenvalue weighted by Gasteiger charge is -2.38. The minimum absolute atomic E-state index is 0.00186. The van der Waals surface area contributed by atoms with Crippen LogP contribution in [-0.2, 0) is 34.7 Å². The number of hydrogen-bond donors (Lipinski definition) is 6. The number of aliphatic imine (C=N–C) groups is 1. The number of aromatic nitrogens is 1. The maximum absolute atomic E-state index is 13.6. The Bertz CT molecular complexity index is 1570. The number of anilines is 1. The number of amidine groups is 1. The normalized spacial score (nSPS) is 20.9. The Balaban J connectivity index is 1.56. The Morgan fingerprint density at radius 2 is 2.12 bits per heavy atom. The van der Waals surface area contributed by atoms with Gasteiger partial charge < -0.3 is 46.1 Å². The van der Waals surface area contributed by atoms with Crippen molar-refractivity contribution < 1.29 is 42.6 Å². The van der Waals surface area contributed by atoms with Gasteiger partial charge in [-0.1, -0.05) is 5.16 Å². The molecule has 1 aromatic carbocycles. The Morgan fingerprint density at radius 3 is 2.73 bits per heavy atom. The third-order valence-corrected chi connectivity index (χ3v) is 9.60. The van der Waals surface area contributed by atoms with E-state index in [0.717, 1.165) is 33.4 Å². The number of methoxy groups -OCH3 is 1. The zero-order valence-electron chi connectivity index (χ0n) is 27.7. The van der Waals surface area contributed by atoms with E-state index in [1.165, 1.54) is 12.3 Å². The molecule has 49 heavy (non-hydrogen) atoms. The number of fused-ring (bicyclic) bond motifs is 1. The van der Waals surface area contributed by atoms with Crippen molar-refractivity contribution >= 4 is 58.6 Å². The highest BCUT2D eigenvalue weighted by Crippen LogP contribution is 2.35. The van der Waals surface area contributed by atoms with Gasteiger partial charge in [-0.3, -0.25) is 14.6 Å². The van der Waals surface area contributed by atoms with Gasteiger partial charge >= 0.3 is 5.97 Å². The Kier molecular flexibility index (Phi) is 12.4. The average Bonchev–Trinajstić information content (AvgIpc) is 3.68. The van der Waals surface area contributed by atoms with Crippen molar-refractivity contribution in [3.63, 3.8) is 0 Å². The third-order valence-electron chi connectivity index (χ3n) is 8.70. The van der Waals surface area contributed by atoms with E-state index in [9.17, 15) is 19.5 Å². The summed E-state index contributed by atoms with van der Waals surface area (Å²) in [7, 11) is 1.64. The van der Waals surface area contributed by atoms with Crippen LogP contribution in [-0.4, -0.2) is 105 Å². The van der Waals surface area contributed by atoms with Crippen LogP contribution in [0.25, 0.3) is 0 Å². The monoisotopic (exact) mass is 722 g/mol. The number of carbonyl (C=O) groups is 3. The van der Waals surface area contributed by atoms with Gasteiger partial charge in [-0.2, -0.15) is 4.28 Å². The van der Waals surface area contributed by atoms with Gasteiger partial charge in [0.2, 0.25) is 6.41 Å². The van der Waals surface area contributed by atoms with Crippen molar-refractivity contribution in [2.45, 2.75) is 82.3 Å². The van der Waals surface area contributed by atoms with Crippen LogP contribution in [0.5, 0.6) is 5.75 Å². The maximum Gasteiger partial charge on any atom is 0.354 e. The number of benzene rings is 1. The predicted molar refractivity (Wildman–Crippen MR) is 183 cm³/mol. The fourth-order valence-electron chi connectivity index (χ4n) is 5.31. The summed E-state index contributed by atoms with van der Waals surface area (Å²) >= 11 is 1.01. The number of hydroxylamine groups is 2. The van der Waals surface area contributed by atoms with E-state index in [1.807, 2.05) is 12.1 Å². The van der Waals surface area contributed by atoms with Crippen molar-refractivity contribution in [3.05, 3.63) is 40.4 Å². The first-order valence-electron chi connectivity index (χ1n) is 15.4. The van der Waals surface area contributed by atoms with Crippen molar-refractivity contribution in [3.8, 4) is 5.75 Å². The summed E-state index contributed by atoms with van der Waals surface area (Å²) in [6.07, 6.45) is 0.797. The minimum Gasteiger partial charge on any atom is -0.485 e. The Labute approximate surface area is 291 Å². The standard InChI is InChI=1S/C30H42N8O9S2/c1-16(29(2,3)38(15-39)47-49-43)33-26(40)24(21-14-48-28(32)36-21)37-46-30(4,27(41)42)23-9-7-17-12-18(6-8-22(17)45-23)25-34-19(10-11-31)20(35-25)13-44-5/h6,8,12,14-16,19-20,23,43H,7,9-11,13,31H2,1-5H3,(H2,32,36)(H,33,40)(H,34,35)(H,41,42)/b37-24-. The molecule has 2 aromatic rings. The van der Waals surface area contributed by atoms with Crippen LogP contribution in [0.2, 0.25) is 0 Å². The number of nitrogen functional groups attached to an aromatic ring is 1. The number of hydrogen-bond acceptors (Lipinski definition) is 16. The van der Waals surface area contributed by atoms with Gasteiger partial charge in [0.25, 0.3) is 11.5 Å². The molecule has 0 fully saturated rings. The summed E-state index contributed by atoms with van der Waals surface area (Å²) in [5, 5.41) is 22.9. The highest BCUT2D eigenvalue weighted by Gasteiger charge is 2.48. The van der Waals surface area contributed by atoms with E-state index in [4.69, 9.17) is 39.6 Å². The Morgan fingerprint density at radius 1 is 1.37 bits per heavy atom. The van der Waals surface area contributed by atoms with Crippen LogP contribution >= 0.6 is 23.7 Å². The second-order valence-corrected chi connectivity index (χ2v) is 13.4. The van der Waals surface area contributed by atoms with Gasteiger partial charge in [0.15, 0.2) is 29.3 Å². The van der Waals surface area contributed by atoms with E-state index in [-0.39, 0.29) is 47.4 Å². The molecule has 19 heteroatoms. The molecule has 0 saturated carbocycles. The zero-order chi connectivity index (χ0) is 35.9. The van der Waals surface area contributed by atoms with Crippen LogP contribution in [0, 0.1) is 0 Å². The predicted octanol–water partition coefficient (Wildman–Crippen LogP) is 1.56. The molecular formula is C30H42N8O9S2. The molecule has 0 saturated heterocycles. The van der Waals surface area contributed by atoms with Crippen molar-refractivity contribution in [1.29, 1.82) is 0 Å². The molecule has 1 aromatic heterocycles. The highest BCUT2D eigenvalue weighted by molar-refractivity contribution is 7.88. The minimum atomic E-state index is -2.03. The van der Waals surface area contributed by atoms with Gasteiger partial charge in [-0.05, 0) is 77.3 Å². The average molecular weight is 723 g/mol. The van der Waals surface area contributed by atoms with Crippen molar-refractivity contribution in [2.24, 2.45) is 15.9 Å². The molecule has 8 N–H and O–H groups in total. The summed E-state index contributed by atoms with van der Waals surface area (Å²) < 4.78 is 25.5. The highest BCUT2D eigenvalue weighted by atomic mass is 32.2. The largest absolute Gasteiger partial charge is 0.485 e. The number of aliphatic carboxylic acids is 1. The van der Waals surface area contributed by atoms with Crippen LogP contribution in [0.4, 0.5) is 5.13 Å². The molecule has 5 unspecified atom stereocenters. The molecule has 2 amide bonds. The molecule has 4 rings (SSSR count). The number of nitrogens with zero attached hydrogens (tertiary/aromatic N) is 4. The molecular weight excluding hydrogens is 681 g/mol. The first kappa shape index (κ1) is 37.8. The first-order valence-corrected chi connectivity index (χ1v) is 16.9. The van der Waals surface area contributed by atoms with Crippen LogP contribution < -0.4 is 26.8 Å². The zero-order valence-corrected chi connectivity index (χ0v) is 29.4. The SMILES string of the molecule is COCC1NC(c2ccc3c(c2)CCC(C(C)(O/N=C(\C(=O)NC(C)C(C)(C)N(C=O)OSO)c2csc(N)n2)C(=O)O)O3)=NC1CCN. The number of nitrogens with two attached hydrogens (primary N) is 2. The molecule has 2 aliphatic heterocycles. The third kappa shape index (κ3) is 8.42. The lowest BCUT2D eigenvalue weighted by atomic mass is 9.90. The molecule has 0 bridgehead atoms. The topological polar surface area (TPSA) is 246 Å². The van der Waals surface area contributed by atoms with E-state index in [2.05, 4.69) is 20.8 Å². The molecule has 17 nitrogen and oxygen atoms in total. The second-order valence-electron chi connectivity index (χ2n) is 12.2. The van der Waals surface area contributed by atoms with Crippen LogP contribution in [0.3, 0.4) is 0 Å². The number of amides is 2. The lowest BCUT2D eigenvalue weighted by Crippen LogP contribution is -2.57. The smallest absolute Gasteiger partial charge is 0.354 e. The summed E-state index contributed by atoms with van der Waals surface area (Å²) in [6, 6.07) is 4.76. The maximum atomic E-state index is 13.6. The van der Waals surface area contributed by atoms with Gasteiger partial charge in [0.1, 0.15) is 17.3 Å². The van der Waals surface area contributed by atoms with Gasteiger partial charge in [0, 0.05) is 18.1 Å². The van der Waals surface area contributed by atoms with E-state index in [0.29, 0.717) is 38.2 Å². The van der Waals surface area contributed by atoms with Crippen LogP contribution in [0.1, 0.15) is 57.4 Å². The molecule has 0 radical (unpaired) electrons. The molecule has 3 heterocycles. The number of carboxylic acids is 1. The molecule has 5 atom stereocenters. The number of oxime groups is 1. The van der Waals surface area contributed by atoms with E-state index < -0.39 is 35.2 Å². The summed E-state index contributed by atoms with van der Waals surface area (Å²) in [5.41, 5.74) is 9.82.